The quantitative estimate of drug-likeness (QED) is 0.459. The van der Waals surface area contributed by atoms with E-state index in [9.17, 15) is 23.1 Å². The molecule has 1 atom stereocenters. The Hall–Kier alpha value is -3.37. The number of piperidine rings is 1. The lowest BCUT2D eigenvalue weighted by Crippen LogP contribution is -2.32. The van der Waals surface area contributed by atoms with Crippen LogP contribution in [-0.2, 0) is 12.7 Å². The van der Waals surface area contributed by atoms with Gasteiger partial charge in [0.1, 0.15) is 5.52 Å². The molecule has 2 fully saturated rings. The third-order valence-electron chi connectivity index (χ3n) is 7.26. The SMILES string of the molecule is CC(Nc1nc(C(=O)O)nc2nc(N3CCCCC3)n(Cc3ccc(C(F)(F)F)cc3)c12)C1CCC1. The lowest BCUT2D eigenvalue weighted by atomic mass is 9.80. The van der Waals surface area contributed by atoms with Gasteiger partial charge in [0, 0.05) is 19.1 Å². The fourth-order valence-corrected chi connectivity index (χ4v) is 4.96. The van der Waals surface area contributed by atoms with Gasteiger partial charge in [-0.1, -0.05) is 18.6 Å². The Labute approximate surface area is 206 Å². The normalized spacial score (nSPS) is 17.7. The minimum absolute atomic E-state index is 0.0753. The average molecular weight is 503 g/mol. The summed E-state index contributed by atoms with van der Waals surface area (Å²) in [5, 5.41) is 13.0. The monoisotopic (exact) mass is 502 g/mol. The maximum Gasteiger partial charge on any atom is 0.416 e. The number of benzene rings is 1. The minimum Gasteiger partial charge on any atom is -0.475 e. The third kappa shape index (κ3) is 4.83. The molecule has 3 heterocycles. The summed E-state index contributed by atoms with van der Waals surface area (Å²) in [5.41, 5.74) is 0.787. The van der Waals surface area contributed by atoms with E-state index in [0.29, 0.717) is 28.8 Å². The summed E-state index contributed by atoms with van der Waals surface area (Å²) in [6.07, 6.45) is 2.06. The van der Waals surface area contributed by atoms with Crippen molar-refractivity contribution in [2.24, 2.45) is 5.92 Å². The number of halogens is 3. The van der Waals surface area contributed by atoms with Crippen molar-refractivity contribution >= 4 is 28.9 Å². The van der Waals surface area contributed by atoms with Gasteiger partial charge < -0.3 is 19.9 Å². The van der Waals surface area contributed by atoms with Crippen molar-refractivity contribution < 1.29 is 23.1 Å². The third-order valence-corrected chi connectivity index (χ3v) is 7.26. The number of fused-ring (bicyclic) bond motifs is 1. The fraction of sp³-hybridized carbons (Fsp3) is 0.520. The Balaban J connectivity index is 1.61. The zero-order valence-electron chi connectivity index (χ0n) is 20.1. The molecule has 1 aliphatic carbocycles. The zero-order valence-corrected chi connectivity index (χ0v) is 20.1. The van der Waals surface area contributed by atoms with Crippen molar-refractivity contribution in [3.05, 3.63) is 41.2 Å². The summed E-state index contributed by atoms with van der Waals surface area (Å²) in [5.74, 6) is -0.0976. The second-order valence-electron chi connectivity index (χ2n) is 9.74. The molecule has 11 heteroatoms. The van der Waals surface area contributed by atoms with Gasteiger partial charge in [-0.05, 0) is 62.6 Å². The van der Waals surface area contributed by atoms with Crippen molar-refractivity contribution in [1.29, 1.82) is 0 Å². The van der Waals surface area contributed by atoms with Gasteiger partial charge in [0.15, 0.2) is 11.5 Å². The van der Waals surface area contributed by atoms with Gasteiger partial charge in [-0.15, -0.1) is 0 Å². The first-order valence-electron chi connectivity index (χ1n) is 12.4. The minimum atomic E-state index is -4.41. The number of hydrogen-bond acceptors (Lipinski definition) is 6. The van der Waals surface area contributed by atoms with Crippen molar-refractivity contribution in [2.75, 3.05) is 23.3 Å². The number of nitrogens with one attached hydrogen (secondary N) is 1. The van der Waals surface area contributed by atoms with E-state index in [1.807, 2.05) is 4.57 Å². The van der Waals surface area contributed by atoms with E-state index in [0.717, 1.165) is 57.3 Å². The molecule has 192 valence electrons. The number of aromatic nitrogens is 4. The molecule has 3 aromatic rings. The van der Waals surface area contributed by atoms with Crippen molar-refractivity contribution in [3.8, 4) is 0 Å². The van der Waals surface area contributed by atoms with Crippen LogP contribution in [-0.4, -0.2) is 49.7 Å². The van der Waals surface area contributed by atoms with Crippen molar-refractivity contribution in [1.82, 2.24) is 19.5 Å². The maximum absolute atomic E-state index is 13.1. The standard InChI is InChI=1S/C25H29F3N6O2/c1-15(17-6-5-7-17)29-20-19-21(31-22(30-20)23(35)36)32-24(33-12-3-2-4-13-33)34(19)14-16-8-10-18(11-9-16)25(26,27)28/h8-11,15,17H,2-7,12-14H2,1H3,(H,35,36)(H,29,30,31). The largest absolute Gasteiger partial charge is 0.475 e. The molecule has 8 nitrogen and oxygen atoms in total. The number of hydrogen-bond donors (Lipinski definition) is 2. The number of carboxylic acid groups (broad SMARTS) is 1. The number of aromatic carboxylic acids is 1. The Kier molecular flexibility index (Phi) is 6.48. The van der Waals surface area contributed by atoms with Crippen LogP contribution in [0.3, 0.4) is 0 Å². The first kappa shape index (κ1) is 24.3. The topological polar surface area (TPSA) is 96.2 Å². The van der Waals surface area contributed by atoms with Crippen LogP contribution in [0, 0.1) is 5.92 Å². The molecule has 0 radical (unpaired) electrons. The van der Waals surface area contributed by atoms with Crippen LogP contribution in [0.15, 0.2) is 24.3 Å². The first-order chi connectivity index (χ1) is 17.2. The first-order valence-corrected chi connectivity index (χ1v) is 12.4. The van der Waals surface area contributed by atoms with Gasteiger partial charge in [0.05, 0.1) is 12.1 Å². The van der Waals surface area contributed by atoms with E-state index in [1.165, 1.54) is 18.6 Å². The summed E-state index contributed by atoms with van der Waals surface area (Å²) in [4.78, 5) is 27.2. The number of anilines is 2. The number of carbonyl (C=O) groups is 1. The molecule has 1 saturated heterocycles. The van der Waals surface area contributed by atoms with Crippen LogP contribution >= 0.6 is 0 Å². The molecule has 2 aromatic heterocycles. The molecule has 1 saturated carbocycles. The average Bonchev–Trinajstić information content (AvgIpc) is 3.16. The Morgan fingerprint density at radius 1 is 1.08 bits per heavy atom. The summed E-state index contributed by atoms with van der Waals surface area (Å²) >= 11 is 0. The van der Waals surface area contributed by atoms with Crippen molar-refractivity contribution in [2.45, 2.75) is 64.2 Å². The number of carboxylic acids is 1. The molecule has 1 aliphatic heterocycles. The molecule has 2 aliphatic rings. The van der Waals surface area contributed by atoms with Gasteiger partial charge in [-0.2, -0.15) is 18.2 Å². The number of rotatable bonds is 7. The van der Waals surface area contributed by atoms with Crippen LogP contribution in [0.5, 0.6) is 0 Å². The van der Waals surface area contributed by atoms with Gasteiger partial charge in [0.2, 0.25) is 11.8 Å². The Bertz CT molecular complexity index is 1250. The van der Waals surface area contributed by atoms with Crippen molar-refractivity contribution in [3.63, 3.8) is 0 Å². The lowest BCUT2D eigenvalue weighted by Gasteiger charge is -2.32. The maximum atomic E-state index is 13.1. The van der Waals surface area contributed by atoms with E-state index in [4.69, 9.17) is 4.98 Å². The molecule has 5 rings (SSSR count). The molecular formula is C25H29F3N6O2. The molecule has 2 N–H and O–H groups in total. The fourth-order valence-electron chi connectivity index (χ4n) is 4.96. The molecule has 1 unspecified atom stereocenters. The zero-order chi connectivity index (χ0) is 25.4. The van der Waals surface area contributed by atoms with Crippen LogP contribution in [0.2, 0.25) is 0 Å². The van der Waals surface area contributed by atoms with Crippen LogP contribution < -0.4 is 10.2 Å². The van der Waals surface area contributed by atoms with E-state index in [1.54, 1.807) is 0 Å². The van der Waals surface area contributed by atoms with Crippen LogP contribution in [0.25, 0.3) is 11.2 Å². The van der Waals surface area contributed by atoms with Gasteiger partial charge in [0.25, 0.3) is 0 Å². The molecule has 0 bridgehead atoms. The van der Waals surface area contributed by atoms with Crippen LogP contribution in [0.1, 0.15) is 67.2 Å². The van der Waals surface area contributed by atoms with Gasteiger partial charge in [-0.25, -0.2) is 14.8 Å². The van der Waals surface area contributed by atoms with Gasteiger partial charge in [-0.3, -0.25) is 0 Å². The molecule has 0 spiro atoms. The molecule has 0 amide bonds. The lowest BCUT2D eigenvalue weighted by molar-refractivity contribution is -0.137. The second-order valence-corrected chi connectivity index (χ2v) is 9.74. The van der Waals surface area contributed by atoms with E-state index in [2.05, 4.69) is 27.1 Å². The highest BCUT2D eigenvalue weighted by Crippen LogP contribution is 2.34. The molecule has 36 heavy (non-hydrogen) atoms. The highest BCUT2D eigenvalue weighted by Gasteiger charge is 2.31. The van der Waals surface area contributed by atoms with E-state index >= 15 is 0 Å². The summed E-state index contributed by atoms with van der Waals surface area (Å²) < 4.78 is 41.2. The summed E-state index contributed by atoms with van der Waals surface area (Å²) in [7, 11) is 0. The van der Waals surface area contributed by atoms with Crippen LogP contribution in [0.4, 0.5) is 24.9 Å². The van der Waals surface area contributed by atoms with E-state index in [-0.39, 0.29) is 24.1 Å². The molecule has 1 aromatic carbocycles. The molecular weight excluding hydrogens is 473 g/mol. The summed E-state index contributed by atoms with van der Waals surface area (Å²) in [6, 6.07) is 5.15. The van der Waals surface area contributed by atoms with E-state index < -0.39 is 17.7 Å². The number of nitrogens with zero attached hydrogens (tertiary/aromatic N) is 5. The number of alkyl halides is 3. The smallest absolute Gasteiger partial charge is 0.416 e. The predicted molar refractivity (Wildman–Crippen MR) is 129 cm³/mol. The Morgan fingerprint density at radius 3 is 2.36 bits per heavy atom. The van der Waals surface area contributed by atoms with Gasteiger partial charge >= 0.3 is 12.1 Å². The second kappa shape index (κ2) is 9.59. The Morgan fingerprint density at radius 2 is 1.78 bits per heavy atom. The predicted octanol–water partition coefficient (Wildman–Crippen LogP) is 5.18. The highest BCUT2D eigenvalue weighted by molar-refractivity contribution is 5.91. The number of imidazole rings is 1. The summed E-state index contributed by atoms with van der Waals surface area (Å²) in [6.45, 7) is 3.89. The highest BCUT2D eigenvalue weighted by atomic mass is 19.4.